The Labute approximate surface area is 196 Å². The molecule has 0 bridgehead atoms. The fourth-order valence-corrected chi connectivity index (χ4v) is 5.97. The number of nitrogens with zero attached hydrogens (tertiary/aromatic N) is 6. The molecular formula is C22H21F3N6O2S. The van der Waals surface area contributed by atoms with Gasteiger partial charge in [0.15, 0.2) is 0 Å². The molecule has 0 unspecified atom stereocenters. The van der Waals surface area contributed by atoms with Crippen molar-refractivity contribution >= 4 is 33.2 Å². The molecule has 0 N–H and O–H groups in total. The van der Waals surface area contributed by atoms with Gasteiger partial charge >= 0.3 is 6.36 Å². The van der Waals surface area contributed by atoms with E-state index in [2.05, 4.69) is 30.6 Å². The second-order valence-corrected chi connectivity index (χ2v) is 9.71. The van der Waals surface area contributed by atoms with Crippen molar-refractivity contribution < 1.29 is 17.9 Å². The highest BCUT2D eigenvalue weighted by molar-refractivity contribution is 7.18. The van der Waals surface area contributed by atoms with Gasteiger partial charge in [-0.25, -0.2) is 9.97 Å². The van der Waals surface area contributed by atoms with Crippen LogP contribution in [0.4, 0.5) is 24.7 Å². The lowest BCUT2D eigenvalue weighted by Gasteiger charge is -2.39. The Morgan fingerprint density at radius 2 is 2.06 bits per heavy atom. The van der Waals surface area contributed by atoms with Gasteiger partial charge < -0.3 is 19.1 Å². The number of aromatic nitrogens is 3. The molecule has 2 fully saturated rings. The molecule has 3 aromatic heterocycles. The third-order valence-electron chi connectivity index (χ3n) is 6.51. The maximum Gasteiger partial charge on any atom is 0.573 e. The lowest BCUT2D eigenvalue weighted by atomic mass is 9.92. The summed E-state index contributed by atoms with van der Waals surface area (Å²) >= 11 is 1.43. The van der Waals surface area contributed by atoms with Crippen LogP contribution < -0.4 is 20.1 Å². The predicted octanol–water partition coefficient (Wildman–Crippen LogP) is 3.57. The first-order valence-corrected chi connectivity index (χ1v) is 11.6. The van der Waals surface area contributed by atoms with Crippen molar-refractivity contribution in [2.75, 3.05) is 29.4 Å². The second-order valence-electron chi connectivity index (χ2n) is 8.53. The predicted molar refractivity (Wildman–Crippen MR) is 121 cm³/mol. The third kappa shape index (κ3) is 3.83. The number of hydrogen-bond acceptors (Lipinski definition) is 8. The molecule has 12 heteroatoms. The molecule has 0 aliphatic carbocycles. The fourth-order valence-electron chi connectivity index (χ4n) is 5.09. The van der Waals surface area contributed by atoms with E-state index in [1.54, 1.807) is 13.1 Å². The van der Waals surface area contributed by atoms with Crippen LogP contribution in [0.15, 0.2) is 23.1 Å². The van der Waals surface area contributed by atoms with Crippen LogP contribution in [-0.2, 0) is 7.05 Å². The standard InChI is InChI=1S/C22H21F3N6O2S/c1-12-28-18-19(15(9-26)20(32)29(2)21(18)34-12)30-7-6-16-13(11-30)5-8-31(16)17-4-3-14(10-27-17)33-22(23,24)25/h3-4,10,13,16H,5-8,11H2,1-2H3/t13-,16+/m0/s1. The SMILES string of the molecule is Cc1nc2c(N3CC[C@@H]4[C@@H](CCN4c4ccc(OC(F)(F)F)cn4)C3)c(C#N)c(=O)n(C)c2s1. The van der Waals surface area contributed by atoms with E-state index in [1.165, 1.54) is 22.0 Å². The molecule has 5 heterocycles. The first-order chi connectivity index (χ1) is 16.2. The average molecular weight is 491 g/mol. The van der Waals surface area contributed by atoms with Crippen LogP contribution >= 0.6 is 11.3 Å². The highest BCUT2D eigenvalue weighted by Crippen LogP contribution is 2.39. The van der Waals surface area contributed by atoms with Crippen LogP contribution in [0, 0.1) is 24.2 Å². The minimum Gasteiger partial charge on any atom is -0.404 e. The largest absolute Gasteiger partial charge is 0.573 e. The van der Waals surface area contributed by atoms with Crippen molar-refractivity contribution in [2.45, 2.75) is 32.2 Å². The first kappa shape index (κ1) is 22.5. The van der Waals surface area contributed by atoms with E-state index in [0.29, 0.717) is 30.1 Å². The molecule has 2 atom stereocenters. The zero-order chi connectivity index (χ0) is 24.2. The quantitative estimate of drug-likeness (QED) is 0.555. The summed E-state index contributed by atoms with van der Waals surface area (Å²) in [6.07, 6.45) is -2.03. The van der Waals surface area contributed by atoms with Gasteiger partial charge in [-0.1, -0.05) is 0 Å². The lowest BCUT2D eigenvalue weighted by Crippen LogP contribution is -2.47. The number of aryl methyl sites for hydroxylation is 2. The zero-order valence-electron chi connectivity index (χ0n) is 18.5. The number of ether oxygens (including phenoxy) is 1. The van der Waals surface area contributed by atoms with Crippen molar-refractivity contribution in [1.82, 2.24) is 14.5 Å². The number of rotatable bonds is 3. The summed E-state index contributed by atoms with van der Waals surface area (Å²) in [5.74, 6) is 0.519. The molecule has 0 saturated carbocycles. The summed E-state index contributed by atoms with van der Waals surface area (Å²) in [4.78, 5) is 26.7. The summed E-state index contributed by atoms with van der Waals surface area (Å²) in [6.45, 7) is 3.89. The van der Waals surface area contributed by atoms with Gasteiger partial charge in [0.2, 0.25) is 0 Å². The number of halogens is 3. The molecule has 3 aromatic rings. The molecule has 2 saturated heterocycles. The van der Waals surface area contributed by atoms with Crippen LogP contribution in [0.2, 0.25) is 0 Å². The maximum atomic E-state index is 12.9. The van der Waals surface area contributed by atoms with Crippen molar-refractivity contribution in [3.63, 3.8) is 0 Å². The summed E-state index contributed by atoms with van der Waals surface area (Å²) in [6, 6.07) is 5.09. The molecule has 2 aliphatic heterocycles. The highest BCUT2D eigenvalue weighted by atomic mass is 32.1. The molecule has 0 aromatic carbocycles. The normalized spacial score (nSPS) is 20.5. The fraction of sp³-hybridized carbons (Fsp3) is 0.455. The van der Waals surface area contributed by atoms with Gasteiger partial charge in [-0.2, -0.15) is 5.26 Å². The zero-order valence-corrected chi connectivity index (χ0v) is 19.3. The van der Waals surface area contributed by atoms with Gasteiger partial charge in [-0.05, 0) is 37.8 Å². The first-order valence-electron chi connectivity index (χ1n) is 10.8. The number of pyridine rings is 2. The van der Waals surface area contributed by atoms with E-state index in [-0.39, 0.29) is 28.8 Å². The van der Waals surface area contributed by atoms with E-state index in [1.807, 2.05) is 6.92 Å². The van der Waals surface area contributed by atoms with E-state index in [4.69, 9.17) is 0 Å². The van der Waals surface area contributed by atoms with Crippen molar-refractivity contribution in [3.8, 4) is 11.8 Å². The third-order valence-corrected chi connectivity index (χ3v) is 7.56. The molecule has 34 heavy (non-hydrogen) atoms. The van der Waals surface area contributed by atoms with Crippen molar-refractivity contribution in [2.24, 2.45) is 13.0 Å². The molecule has 5 rings (SSSR count). The highest BCUT2D eigenvalue weighted by Gasteiger charge is 2.40. The molecule has 8 nitrogen and oxygen atoms in total. The van der Waals surface area contributed by atoms with E-state index in [0.717, 1.165) is 35.4 Å². The Hall–Kier alpha value is -3.33. The van der Waals surface area contributed by atoms with E-state index in [9.17, 15) is 23.2 Å². The van der Waals surface area contributed by atoms with Crippen molar-refractivity contribution in [1.29, 1.82) is 5.26 Å². The van der Waals surface area contributed by atoms with E-state index >= 15 is 0 Å². The summed E-state index contributed by atoms with van der Waals surface area (Å²) < 4.78 is 42.7. The van der Waals surface area contributed by atoms with Gasteiger partial charge in [-0.3, -0.25) is 4.79 Å². The lowest BCUT2D eigenvalue weighted by molar-refractivity contribution is -0.274. The molecule has 0 spiro atoms. The van der Waals surface area contributed by atoms with E-state index < -0.39 is 6.36 Å². The van der Waals surface area contributed by atoms with Gasteiger partial charge in [-0.15, -0.1) is 24.5 Å². The Bertz CT molecular complexity index is 1340. The monoisotopic (exact) mass is 490 g/mol. The number of thiazole rings is 1. The summed E-state index contributed by atoms with van der Waals surface area (Å²) in [5.41, 5.74) is 1.06. The number of hydrogen-bond donors (Lipinski definition) is 0. The van der Waals surface area contributed by atoms with Crippen LogP contribution in [0.3, 0.4) is 0 Å². The minimum atomic E-state index is -4.75. The smallest absolute Gasteiger partial charge is 0.404 e. The Morgan fingerprint density at radius 1 is 1.26 bits per heavy atom. The summed E-state index contributed by atoms with van der Waals surface area (Å²) in [7, 11) is 1.66. The Morgan fingerprint density at radius 3 is 2.74 bits per heavy atom. The van der Waals surface area contributed by atoms with Gasteiger partial charge in [0.05, 0.1) is 16.9 Å². The van der Waals surface area contributed by atoms with Crippen LogP contribution in [0.1, 0.15) is 23.4 Å². The van der Waals surface area contributed by atoms with Gasteiger partial charge in [0.1, 0.15) is 33.5 Å². The topological polar surface area (TPSA) is 87.3 Å². The van der Waals surface area contributed by atoms with Crippen LogP contribution in [0.5, 0.6) is 5.75 Å². The minimum absolute atomic E-state index is 0.107. The Kier molecular flexibility index (Phi) is 5.39. The molecule has 178 valence electrons. The molecule has 0 amide bonds. The number of anilines is 2. The van der Waals surface area contributed by atoms with Crippen LogP contribution in [-0.4, -0.2) is 46.6 Å². The number of alkyl halides is 3. The molecule has 2 aliphatic rings. The van der Waals surface area contributed by atoms with Crippen molar-refractivity contribution in [3.05, 3.63) is 39.3 Å². The summed E-state index contributed by atoms with van der Waals surface area (Å²) in [5, 5.41) is 10.6. The average Bonchev–Trinajstić information content (AvgIpc) is 3.38. The number of fused-ring (bicyclic) bond motifs is 2. The Balaban J connectivity index is 1.40. The van der Waals surface area contributed by atoms with Crippen LogP contribution in [0.25, 0.3) is 10.3 Å². The second kappa shape index (κ2) is 8.16. The van der Waals surface area contributed by atoms with Gasteiger partial charge in [0, 0.05) is 32.7 Å². The molecular weight excluding hydrogens is 469 g/mol. The van der Waals surface area contributed by atoms with Gasteiger partial charge in [0.25, 0.3) is 5.56 Å². The number of piperidine rings is 1. The maximum absolute atomic E-state index is 12.9. The number of nitriles is 1. The molecule has 0 radical (unpaired) electrons.